The van der Waals surface area contributed by atoms with E-state index in [0.29, 0.717) is 0 Å². The van der Waals surface area contributed by atoms with E-state index in [4.69, 9.17) is 9.31 Å². The van der Waals surface area contributed by atoms with Crippen molar-refractivity contribution in [1.29, 1.82) is 0 Å². The van der Waals surface area contributed by atoms with Crippen molar-refractivity contribution >= 4 is 44.1 Å². The average Bonchev–Trinajstić information content (AvgIpc) is 2.93. The van der Waals surface area contributed by atoms with Crippen molar-refractivity contribution in [3.8, 4) is 0 Å². The SMILES string of the molecule is CC1(C)OB(c2ccc3c(c2)sc2ccccc23)OC1(C)C. The van der Waals surface area contributed by atoms with E-state index in [9.17, 15) is 0 Å². The third-order valence-electron chi connectivity index (χ3n) is 4.93. The summed E-state index contributed by atoms with van der Waals surface area (Å²) in [6.45, 7) is 8.35. The second-order valence-electron chi connectivity index (χ2n) is 6.94. The predicted molar refractivity (Wildman–Crippen MR) is 95.0 cm³/mol. The Labute approximate surface area is 135 Å². The van der Waals surface area contributed by atoms with Crippen molar-refractivity contribution in [2.24, 2.45) is 0 Å². The third kappa shape index (κ3) is 2.02. The first-order valence-corrected chi connectivity index (χ1v) is 8.46. The van der Waals surface area contributed by atoms with Crippen LogP contribution in [0.2, 0.25) is 0 Å². The fraction of sp³-hybridized carbons (Fsp3) is 0.333. The summed E-state index contributed by atoms with van der Waals surface area (Å²) in [5.74, 6) is 0. The Morgan fingerprint density at radius 2 is 1.45 bits per heavy atom. The minimum absolute atomic E-state index is 0.292. The van der Waals surface area contributed by atoms with Gasteiger partial charge in [0.25, 0.3) is 0 Å². The maximum absolute atomic E-state index is 6.16. The molecule has 2 nitrogen and oxygen atoms in total. The fourth-order valence-corrected chi connectivity index (χ4v) is 4.02. The molecule has 0 spiro atoms. The van der Waals surface area contributed by atoms with E-state index in [2.05, 4.69) is 70.2 Å². The smallest absolute Gasteiger partial charge is 0.399 e. The molecule has 0 amide bonds. The highest BCUT2D eigenvalue weighted by Crippen LogP contribution is 2.37. The van der Waals surface area contributed by atoms with Crippen LogP contribution >= 0.6 is 11.3 Å². The number of fused-ring (bicyclic) bond motifs is 3. The van der Waals surface area contributed by atoms with Gasteiger partial charge in [0.2, 0.25) is 0 Å². The number of hydrogen-bond acceptors (Lipinski definition) is 3. The highest BCUT2D eigenvalue weighted by molar-refractivity contribution is 7.25. The van der Waals surface area contributed by atoms with Crippen LogP contribution in [0.15, 0.2) is 42.5 Å². The molecular weight excluding hydrogens is 291 g/mol. The molecule has 0 atom stereocenters. The van der Waals surface area contributed by atoms with Crippen LogP contribution in [0.3, 0.4) is 0 Å². The van der Waals surface area contributed by atoms with E-state index in [-0.39, 0.29) is 18.3 Å². The van der Waals surface area contributed by atoms with Gasteiger partial charge in [-0.2, -0.15) is 0 Å². The summed E-state index contributed by atoms with van der Waals surface area (Å²) in [5, 5.41) is 2.63. The summed E-state index contributed by atoms with van der Waals surface area (Å²) in [6.07, 6.45) is 0. The van der Waals surface area contributed by atoms with Gasteiger partial charge in [-0.25, -0.2) is 0 Å². The minimum Gasteiger partial charge on any atom is -0.399 e. The van der Waals surface area contributed by atoms with Crippen molar-refractivity contribution in [3.05, 3.63) is 42.5 Å². The monoisotopic (exact) mass is 310 g/mol. The van der Waals surface area contributed by atoms with Crippen LogP contribution in [0.1, 0.15) is 27.7 Å². The lowest BCUT2D eigenvalue weighted by atomic mass is 9.79. The topological polar surface area (TPSA) is 18.5 Å². The zero-order valence-corrected chi connectivity index (χ0v) is 14.2. The Morgan fingerprint density at radius 3 is 2.18 bits per heavy atom. The molecule has 3 aromatic rings. The number of benzene rings is 2. The summed E-state index contributed by atoms with van der Waals surface area (Å²) in [6, 6.07) is 15.1. The molecule has 4 heteroatoms. The van der Waals surface area contributed by atoms with Crippen molar-refractivity contribution in [2.75, 3.05) is 0 Å². The first kappa shape index (κ1) is 14.3. The van der Waals surface area contributed by atoms with Gasteiger partial charge in [-0.15, -0.1) is 11.3 Å². The standard InChI is InChI=1S/C18H19BO2S/c1-17(2)18(3,4)21-19(20-17)12-9-10-14-13-7-5-6-8-15(13)22-16(14)11-12/h5-11H,1-4H3. The van der Waals surface area contributed by atoms with Crippen LogP contribution in [0.5, 0.6) is 0 Å². The Kier molecular flexibility index (Phi) is 2.96. The number of thiophene rings is 1. The summed E-state index contributed by atoms with van der Waals surface area (Å²) >= 11 is 1.82. The number of rotatable bonds is 1. The van der Waals surface area contributed by atoms with E-state index in [1.165, 1.54) is 20.2 Å². The predicted octanol–water partition coefficient (Wildman–Crippen LogP) is 4.35. The molecule has 1 aliphatic heterocycles. The van der Waals surface area contributed by atoms with Crippen LogP contribution < -0.4 is 5.46 Å². The average molecular weight is 310 g/mol. The van der Waals surface area contributed by atoms with Gasteiger partial charge in [-0.3, -0.25) is 0 Å². The van der Waals surface area contributed by atoms with E-state index >= 15 is 0 Å². The van der Waals surface area contributed by atoms with Gasteiger partial charge in [-0.05, 0) is 45.3 Å². The fourth-order valence-electron chi connectivity index (χ4n) is 2.87. The molecule has 0 N–H and O–H groups in total. The maximum atomic E-state index is 6.16. The molecule has 1 fully saturated rings. The van der Waals surface area contributed by atoms with Gasteiger partial charge in [0.15, 0.2) is 0 Å². The molecule has 0 saturated carbocycles. The molecular formula is C18H19BO2S. The van der Waals surface area contributed by atoms with E-state index in [1.807, 2.05) is 11.3 Å². The van der Waals surface area contributed by atoms with Crippen LogP contribution in [0, 0.1) is 0 Å². The Morgan fingerprint density at radius 1 is 0.818 bits per heavy atom. The first-order valence-electron chi connectivity index (χ1n) is 7.64. The molecule has 2 aromatic carbocycles. The highest BCUT2D eigenvalue weighted by Gasteiger charge is 2.51. The van der Waals surface area contributed by atoms with Crippen LogP contribution in [0.25, 0.3) is 20.2 Å². The molecule has 1 saturated heterocycles. The van der Waals surface area contributed by atoms with Gasteiger partial charge in [0.05, 0.1) is 11.2 Å². The van der Waals surface area contributed by atoms with Crippen molar-refractivity contribution in [1.82, 2.24) is 0 Å². The Balaban J connectivity index is 1.79. The number of hydrogen-bond donors (Lipinski definition) is 0. The quantitative estimate of drug-likeness (QED) is 0.622. The van der Waals surface area contributed by atoms with Gasteiger partial charge >= 0.3 is 7.12 Å². The molecule has 4 rings (SSSR count). The van der Waals surface area contributed by atoms with E-state index in [1.54, 1.807) is 0 Å². The van der Waals surface area contributed by atoms with Crippen LogP contribution in [-0.4, -0.2) is 18.3 Å². The second kappa shape index (κ2) is 4.57. The second-order valence-corrected chi connectivity index (χ2v) is 8.03. The molecule has 0 radical (unpaired) electrons. The zero-order valence-electron chi connectivity index (χ0n) is 13.3. The Bertz CT molecular complexity index is 850. The van der Waals surface area contributed by atoms with Gasteiger partial charge in [0, 0.05) is 20.2 Å². The molecule has 2 heterocycles. The lowest BCUT2D eigenvalue weighted by Gasteiger charge is -2.32. The molecule has 22 heavy (non-hydrogen) atoms. The summed E-state index contributed by atoms with van der Waals surface area (Å²) in [4.78, 5) is 0. The molecule has 1 aliphatic rings. The van der Waals surface area contributed by atoms with Crippen LogP contribution in [0.4, 0.5) is 0 Å². The highest BCUT2D eigenvalue weighted by atomic mass is 32.1. The molecule has 0 bridgehead atoms. The lowest BCUT2D eigenvalue weighted by molar-refractivity contribution is 0.00578. The summed E-state index contributed by atoms with van der Waals surface area (Å²) < 4.78 is 14.9. The molecule has 0 unspecified atom stereocenters. The van der Waals surface area contributed by atoms with E-state index in [0.717, 1.165) is 5.46 Å². The summed E-state index contributed by atoms with van der Waals surface area (Å²) in [7, 11) is -0.292. The van der Waals surface area contributed by atoms with E-state index < -0.39 is 0 Å². The van der Waals surface area contributed by atoms with Crippen molar-refractivity contribution in [2.45, 2.75) is 38.9 Å². The zero-order chi connectivity index (χ0) is 15.5. The lowest BCUT2D eigenvalue weighted by Crippen LogP contribution is -2.41. The summed E-state index contributed by atoms with van der Waals surface area (Å²) in [5.41, 5.74) is 0.497. The molecule has 1 aromatic heterocycles. The maximum Gasteiger partial charge on any atom is 0.494 e. The molecule has 0 aliphatic carbocycles. The Hall–Kier alpha value is -1.36. The largest absolute Gasteiger partial charge is 0.494 e. The molecule has 112 valence electrons. The van der Waals surface area contributed by atoms with Gasteiger partial charge in [0.1, 0.15) is 0 Å². The third-order valence-corrected chi connectivity index (χ3v) is 6.06. The van der Waals surface area contributed by atoms with Crippen molar-refractivity contribution < 1.29 is 9.31 Å². The minimum atomic E-state index is -0.299. The normalized spacial score (nSPS) is 20.1. The van der Waals surface area contributed by atoms with Gasteiger partial charge < -0.3 is 9.31 Å². The first-order chi connectivity index (χ1) is 10.4. The van der Waals surface area contributed by atoms with Crippen molar-refractivity contribution in [3.63, 3.8) is 0 Å². The van der Waals surface area contributed by atoms with Gasteiger partial charge in [-0.1, -0.05) is 30.3 Å². The van der Waals surface area contributed by atoms with Crippen LogP contribution in [-0.2, 0) is 9.31 Å².